The van der Waals surface area contributed by atoms with Gasteiger partial charge in [-0.05, 0) is 30.3 Å². The van der Waals surface area contributed by atoms with Crippen LogP contribution in [0.25, 0.3) is 0 Å². The van der Waals surface area contributed by atoms with Gasteiger partial charge < -0.3 is 9.47 Å². The molecule has 6 atom stereocenters. The van der Waals surface area contributed by atoms with Crippen molar-refractivity contribution in [3.05, 3.63) is 11.3 Å². The quantitative estimate of drug-likeness (QED) is 0.498. The Kier molecular flexibility index (Phi) is 0.551. The molecule has 0 spiro atoms. The summed E-state index contributed by atoms with van der Waals surface area (Å²) in [5.74, 6) is 3.93. The predicted molar refractivity (Wildman–Crippen MR) is 40.3 cm³/mol. The number of hydrogen-bond donors (Lipinski definition) is 0. The smallest absolute Gasteiger partial charge is 0.156 e. The molecule has 2 nitrogen and oxygen atoms in total. The number of hydrogen-bond acceptors (Lipinski definition) is 2. The van der Waals surface area contributed by atoms with E-state index >= 15 is 0 Å². The molecule has 2 heteroatoms. The first-order chi connectivity index (χ1) is 5.93. The van der Waals surface area contributed by atoms with Gasteiger partial charge in [0.2, 0.25) is 0 Å². The summed E-state index contributed by atoms with van der Waals surface area (Å²) in [4.78, 5) is 0. The summed E-state index contributed by atoms with van der Waals surface area (Å²) in [6.45, 7) is 0. The molecule has 0 N–H and O–H groups in total. The minimum Gasteiger partial charge on any atom is -0.483 e. The Labute approximate surface area is 70.5 Å². The van der Waals surface area contributed by atoms with Crippen LogP contribution < -0.4 is 0 Å². The van der Waals surface area contributed by atoms with Crippen molar-refractivity contribution in [1.29, 1.82) is 0 Å². The third-order valence-corrected chi connectivity index (χ3v) is 4.48. The van der Waals surface area contributed by atoms with E-state index in [-0.39, 0.29) is 0 Å². The first kappa shape index (κ1) is 5.28. The number of fused-ring (bicyclic) bond motifs is 9. The molecule has 0 radical (unpaired) electrons. The van der Waals surface area contributed by atoms with Crippen LogP contribution in [0.1, 0.15) is 12.8 Å². The van der Waals surface area contributed by atoms with Crippen LogP contribution in [0.2, 0.25) is 0 Å². The first-order valence-electron chi connectivity index (χ1n) is 4.99. The van der Waals surface area contributed by atoms with E-state index in [0.717, 1.165) is 17.8 Å². The van der Waals surface area contributed by atoms with Gasteiger partial charge in [-0.25, -0.2) is 0 Å². The molecule has 0 aromatic rings. The van der Waals surface area contributed by atoms with E-state index in [2.05, 4.69) is 0 Å². The lowest BCUT2D eigenvalue weighted by Gasteiger charge is -2.17. The molecule has 2 bridgehead atoms. The highest BCUT2D eigenvalue weighted by atomic mass is 16.6. The molecule has 12 heavy (non-hydrogen) atoms. The maximum absolute atomic E-state index is 5.65. The number of epoxide rings is 2. The van der Waals surface area contributed by atoms with Crippen molar-refractivity contribution in [3.63, 3.8) is 0 Å². The highest BCUT2D eigenvalue weighted by Crippen LogP contribution is 2.68. The van der Waals surface area contributed by atoms with Crippen molar-refractivity contribution in [3.8, 4) is 0 Å². The minimum absolute atomic E-state index is 0.563. The normalized spacial score (nSPS) is 67.3. The topological polar surface area (TPSA) is 25.1 Å². The van der Waals surface area contributed by atoms with Crippen molar-refractivity contribution < 1.29 is 9.47 Å². The van der Waals surface area contributed by atoms with Gasteiger partial charge in [-0.15, -0.1) is 0 Å². The van der Waals surface area contributed by atoms with Crippen LogP contribution in [0.4, 0.5) is 0 Å². The molecular formula is C10H10O2. The Bertz CT molecular complexity index is 333. The second-order valence-corrected chi connectivity index (χ2v) is 4.84. The fourth-order valence-corrected chi connectivity index (χ4v) is 3.99. The Hall–Kier alpha value is -0.500. The highest BCUT2D eigenvalue weighted by Gasteiger charge is 2.70. The highest BCUT2D eigenvalue weighted by molar-refractivity contribution is 5.42. The Morgan fingerprint density at radius 3 is 3.08 bits per heavy atom. The van der Waals surface area contributed by atoms with Gasteiger partial charge in [0.05, 0.1) is 12.2 Å². The molecule has 6 unspecified atom stereocenters. The zero-order chi connectivity index (χ0) is 7.45. The maximum Gasteiger partial charge on any atom is 0.156 e. The van der Waals surface area contributed by atoms with Crippen LogP contribution in [0.5, 0.6) is 0 Å². The van der Waals surface area contributed by atoms with Crippen molar-refractivity contribution >= 4 is 0 Å². The SMILES string of the molecule is C1C2OC2=C2C1C1CC2C2OC12. The van der Waals surface area contributed by atoms with Gasteiger partial charge in [-0.3, -0.25) is 0 Å². The molecular weight excluding hydrogens is 152 g/mol. The molecule has 62 valence electrons. The Balaban J connectivity index is 1.78. The monoisotopic (exact) mass is 162 g/mol. The van der Waals surface area contributed by atoms with Gasteiger partial charge in [0.15, 0.2) is 6.10 Å². The van der Waals surface area contributed by atoms with E-state index in [4.69, 9.17) is 9.47 Å². The lowest BCUT2D eigenvalue weighted by Crippen LogP contribution is -2.19. The molecule has 3 aliphatic carbocycles. The van der Waals surface area contributed by atoms with Crippen LogP contribution in [-0.4, -0.2) is 18.3 Å². The zero-order valence-corrected chi connectivity index (χ0v) is 6.69. The van der Waals surface area contributed by atoms with Crippen molar-refractivity contribution in [2.24, 2.45) is 17.8 Å². The lowest BCUT2D eigenvalue weighted by atomic mass is 9.85. The number of ether oxygens (including phenoxy) is 2. The molecule has 2 heterocycles. The molecule has 5 aliphatic rings. The molecule has 0 amide bonds. The first-order valence-corrected chi connectivity index (χ1v) is 4.99. The maximum atomic E-state index is 5.65. The fraction of sp³-hybridized carbons (Fsp3) is 0.800. The summed E-state index contributed by atoms with van der Waals surface area (Å²) >= 11 is 0. The zero-order valence-electron chi connectivity index (χ0n) is 6.69. The van der Waals surface area contributed by atoms with Gasteiger partial charge in [-0.2, -0.15) is 0 Å². The van der Waals surface area contributed by atoms with Gasteiger partial charge in [0.25, 0.3) is 0 Å². The van der Waals surface area contributed by atoms with Crippen molar-refractivity contribution in [1.82, 2.24) is 0 Å². The summed E-state index contributed by atoms with van der Waals surface area (Å²) in [5.41, 5.74) is 1.68. The molecule has 5 rings (SSSR count). The van der Waals surface area contributed by atoms with Crippen molar-refractivity contribution in [2.45, 2.75) is 31.2 Å². The molecule has 2 aliphatic heterocycles. The van der Waals surface area contributed by atoms with E-state index in [1.807, 2.05) is 0 Å². The van der Waals surface area contributed by atoms with Gasteiger partial charge in [0.1, 0.15) is 5.76 Å². The van der Waals surface area contributed by atoms with E-state index in [1.165, 1.54) is 18.6 Å². The van der Waals surface area contributed by atoms with Gasteiger partial charge in [0, 0.05) is 5.92 Å². The van der Waals surface area contributed by atoms with Crippen molar-refractivity contribution in [2.75, 3.05) is 0 Å². The second kappa shape index (κ2) is 1.25. The molecule has 2 saturated carbocycles. The van der Waals surface area contributed by atoms with E-state index in [9.17, 15) is 0 Å². The average Bonchev–Trinajstić information content (AvgIpc) is 2.92. The summed E-state index contributed by atoms with van der Waals surface area (Å²) in [6, 6.07) is 0. The minimum atomic E-state index is 0.563. The van der Waals surface area contributed by atoms with Crippen LogP contribution in [0, 0.1) is 17.8 Å². The molecule has 0 aromatic heterocycles. The Morgan fingerprint density at radius 1 is 1.08 bits per heavy atom. The lowest BCUT2D eigenvalue weighted by molar-refractivity contribution is 0.239. The third kappa shape index (κ3) is 0.363. The molecule has 2 saturated heterocycles. The fourth-order valence-electron chi connectivity index (χ4n) is 3.99. The van der Waals surface area contributed by atoms with E-state index < -0.39 is 0 Å². The molecule has 0 aromatic carbocycles. The molecule has 4 fully saturated rings. The Morgan fingerprint density at radius 2 is 2.08 bits per heavy atom. The summed E-state index contributed by atoms with van der Waals surface area (Å²) < 4.78 is 11.2. The number of rotatable bonds is 0. The van der Waals surface area contributed by atoms with Crippen LogP contribution in [0.15, 0.2) is 11.3 Å². The largest absolute Gasteiger partial charge is 0.483 e. The summed E-state index contributed by atoms with van der Waals surface area (Å²) in [6.07, 6.45) is 4.55. The summed E-state index contributed by atoms with van der Waals surface area (Å²) in [5, 5.41) is 0. The van der Waals surface area contributed by atoms with E-state index in [0.29, 0.717) is 18.3 Å². The van der Waals surface area contributed by atoms with Crippen LogP contribution >= 0.6 is 0 Å². The standard InChI is InChI=1S/C10H10O2/c1-4-3-2-6-10(11-6)7(3)5(1)9-8(4)12-9/h3-6,8-9H,1-2H2. The average molecular weight is 162 g/mol. The van der Waals surface area contributed by atoms with Gasteiger partial charge in [-0.1, -0.05) is 0 Å². The second-order valence-electron chi connectivity index (χ2n) is 4.84. The predicted octanol–water partition coefficient (Wildman–Crippen LogP) is 1.08. The van der Waals surface area contributed by atoms with Gasteiger partial charge >= 0.3 is 0 Å². The van der Waals surface area contributed by atoms with Crippen LogP contribution in [0.3, 0.4) is 0 Å². The van der Waals surface area contributed by atoms with E-state index in [1.54, 1.807) is 5.57 Å². The summed E-state index contributed by atoms with van der Waals surface area (Å²) in [7, 11) is 0. The third-order valence-electron chi connectivity index (χ3n) is 4.48. The van der Waals surface area contributed by atoms with Crippen LogP contribution in [-0.2, 0) is 9.47 Å².